The number of nitrogens with one attached hydrogen (secondary N) is 1. The summed E-state index contributed by atoms with van der Waals surface area (Å²) in [5, 5.41) is 12.2. The summed E-state index contributed by atoms with van der Waals surface area (Å²) in [5.41, 5.74) is 5.09. The molecular weight excluding hydrogens is 440 g/mol. The molecule has 2 aromatic carbocycles. The lowest BCUT2D eigenvalue weighted by Crippen LogP contribution is -2.16. The first-order valence-electron chi connectivity index (χ1n) is 10.6. The molecule has 4 aromatic rings. The van der Waals surface area contributed by atoms with Gasteiger partial charge in [-0.2, -0.15) is 5.10 Å². The van der Waals surface area contributed by atoms with Crippen LogP contribution in [0.25, 0.3) is 0 Å². The number of aryl methyl sites for hydroxylation is 3. The molecule has 0 aliphatic carbocycles. The number of nitrogens with zero attached hydrogens (tertiary/aromatic N) is 3. The van der Waals surface area contributed by atoms with Crippen molar-refractivity contribution in [1.29, 1.82) is 0 Å². The molecule has 0 saturated carbocycles. The van der Waals surface area contributed by atoms with Crippen LogP contribution in [0.15, 0.2) is 53.1 Å². The topological polar surface area (TPSA) is 82.2 Å². The van der Waals surface area contributed by atoms with Crippen molar-refractivity contribution in [2.24, 2.45) is 0 Å². The van der Waals surface area contributed by atoms with E-state index in [1.165, 1.54) is 0 Å². The summed E-state index contributed by atoms with van der Waals surface area (Å²) < 4.78 is 13.1. The van der Waals surface area contributed by atoms with Crippen LogP contribution in [-0.2, 0) is 13.2 Å². The van der Waals surface area contributed by atoms with Crippen molar-refractivity contribution >= 4 is 23.2 Å². The van der Waals surface area contributed by atoms with Crippen LogP contribution >= 0.6 is 11.6 Å². The van der Waals surface area contributed by atoms with E-state index in [9.17, 15) is 4.79 Å². The molecule has 0 bridgehead atoms. The molecule has 0 aliphatic heterocycles. The van der Waals surface area contributed by atoms with Gasteiger partial charge in [0.05, 0.1) is 29.2 Å². The Morgan fingerprint density at radius 3 is 2.55 bits per heavy atom. The highest BCUT2D eigenvalue weighted by molar-refractivity contribution is 6.30. The zero-order chi connectivity index (χ0) is 23.5. The third-order valence-corrected chi connectivity index (χ3v) is 5.78. The minimum atomic E-state index is -0.368. The van der Waals surface area contributed by atoms with Crippen molar-refractivity contribution in [3.05, 3.63) is 93.1 Å². The van der Waals surface area contributed by atoms with Gasteiger partial charge < -0.3 is 14.6 Å². The predicted octanol–water partition coefficient (Wildman–Crippen LogP) is 5.64. The minimum Gasteiger partial charge on any atom is -0.488 e. The van der Waals surface area contributed by atoms with E-state index in [1.807, 2.05) is 74.0 Å². The SMILES string of the molecule is Cc1ccccc1OCc1c(C(=O)Nc2c(C)nn(Cc3ccc(Cl)cc3)c2C)noc1C. The second kappa shape index (κ2) is 9.50. The molecule has 4 rings (SSSR count). The Kier molecular flexibility index (Phi) is 6.51. The molecule has 0 spiro atoms. The van der Waals surface area contributed by atoms with Gasteiger partial charge >= 0.3 is 0 Å². The fraction of sp³-hybridized carbons (Fsp3) is 0.240. The first-order chi connectivity index (χ1) is 15.8. The lowest BCUT2D eigenvalue weighted by Gasteiger charge is -2.10. The zero-order valence-electron chi connectivity index (χ0n) is 19.0. The maximum absolute atomic E-state index is 13.1. The van der Waals surface area contributed by atoms with Crippen molar-refractivity contribution < 1.29 is 14.1 Å². The third-order valence-electron chi connectivity index (χ3n) is 5.53. The van der Waals surface area contributed by atoms with Gasteiger partial charge in [0, 0.05) is 5.02 Å². The second-order valence-electron chi connectivity index (χ2n) is 7.90. The van der Waals surface area contributed by atoms with Gasteiger partial charge in [0.1, 0.15) is 18.1 Å². The predicted molar refractivity (Wildman–Crippen MR) is 127 cm³/mol. The summed E-state index contributed by atoms with van der Waals surface area (Å²) in [6.07, 6.45) is 0. The minimum absolute atomic E-state index is 0.177. The van der Waals surface area contributed by atoms with Crippen LogP contribution in [0.2, 0.25) is 5.02 Å². The fourth-order valence-electron chi connectivity index (χ4n) is 3.58. The van der Waals surface area contributed by atoms with Gasteiger partial charge in [0.25, 0.3) is 5.91 Å². The molecule has 1 N–H and O–H groups in total. The molecule has 0 saturated heterocycles. The van der Waals surface area contributed by atoms with Gasteiger partial charge in [-0.1, -0.05) is 47.1 Å². The van der Waals surface area contributed by atoms with Crippen molar-refractivity contribution in [3.8, 4) is 5.75 Å². The molecule has 0 fully saturated rings. The summed E-state index contributed by atoms with van der Waals surface area (Å²) in [5.74, 6) is 0.924. The summed E-state index contributed by atoms with van der Waals surface area (Å²) in [6, 6.07) is 15.3. The number of benzene rings is 2. The number of amides is 1. The fourth-order valence-corrected chi connectivity index (χ4v) is 3.70. The first kappa shape index (κ1) is 22.6. The Morgan fingerprint density at radius 2 is 1.82 bits per heavy atom. The van der Waals surface area contributed by atoms with E-state index in [1.54, 1.807) is 6.92 Å². The summed E-state index contributed by atoms with van der Waals surface area (Å²) in [7, 11) is 0. The van der Waals surface area contributed by atoms with E-state index >= 15 is 0 Å². The van der Waals surface area contributed by atoms with Crippen molar-refractivity contribution in [1.82, 2.24) is 14.9 Å². The van der Waals surface area contributed by atoms with E-state index < -0.39 is 0 Å². The van der Waals surface area contributed by atoms with E-state index in [2.05, 4.69) is 15.6 Å². The summed E-state index contributed by atoms with van der Waals surface area (Å²) >= 11 is 5.98. The number of carbonyl (C=O) groups excluding carboxylic acids is 1. The number of ether oxygens (including phenoxy) is 1. The Morgan fingerprint density at radius 1 is 1.09 bits per heavy atom. The molecule has 7 nitrogen and oxygen atoms in total. The Balaban J connectivity index is 1.51. The number of anilines is 1. The molecule has 2 heterocycles. The van der Waals surface area contributed by atoms with Crippen LogP contribution in [0.1, 0.15) is 44.3 Å². The Labute approximate surface area is 197 Å². The average Bonchev–Trinajstić information content (AvgIpc) is 3.29. The highest BCUT2D eigenvalue weighted by Crippen LogP contribution is 2.24. The normalized spacial score (nSPS) is 10.9. The lowest BCUT2D eigenvalue weighted by atomic mass is 10.2. The van der Waals surface area contributed by atoms with E-state index in [0.717, 1.165) is 22.6 Å². The van der Waals surface area contributed by atoms with Crippen molar-refractivity contribution in [2.45, 2.75) is 40.8 Å². The number of halogens is 1. The number of hydrogen-bond donors (Lipinski definition) is 1. The molecule has 8 heteroatoms. The monoisotopic (exact) mass is 464 g/mol. The highest BCUT2D eigenvalue weighted by atomic mass is 35.5. The van der Waals surface area contributed by atoms with Crippen molar-refractivity contribution in [3.63, 3.8) is 0 Å². The van der Waals surface area contributed by atoms with Crippen LogP contribution in [0.3, 0.4) is 0 Å². The maximum Gasteiger partial charge on any atom is 0.278 e. The quantitative estimate of drug-likeness (QED) is 0.383. The van der Waals surface area contributed by atoms with Crippen LogP contribution in [-0.4, -0.2) is 20.8 Å². The number of aromatic nitrogens is 3. The molecule has 0 radical (unpaired) electrons. The van der Waals surface area contributed by atoms with Gasteiger partial charge in [-0.15, -0.1) is 0 Å². The number of rotatable bonds is 7. The largest absolute Gasteiger partial charge is 0.488 e. The summed E-state index contributed by atoms with van der Waals surface area (Å²) in [6.45, 7) is 8.26. The number of hydrogen-bond acceptors (Lipinski definition) is 5. The van der Waals surface area contributed by atoms with Gasteiger partial charge in [-0.05, 0) is 57.0 Å². The van der Waals surface area contributed by atoms with Crippen LogP contribution < -0.4 is 10.1 Å². The third kappa shape index (κ3) is 4.93. The molecule has 0 unspecified atom stereocenters. The zero-order valence-corrected chi connectivity index (χ0v) is 19.7. The van der Waals surface area contributed by atoms with E-state index in [-0.39, 0.29) is 18.2 Å². The highest BCUT2D eigenvalue weighted by Gasteiger charge is 2.23. The maximum atomic E-state index is 13.1. The smallest absolute Gasteiger partial charge is 0.278 e. The van der Waals surface area contributed by atoms with Gasteiger partial charge in [-0.25, -0.2) is 0 Å². The van der Waals surface area contributed by atoms with Gasteiger partial charge in [0.15, 0.2) is 5.69 Å². The first-order valence-corrected chi connectivity index (χ1v) is 10.9. The molecule has 33 heavy (non-hydrogen) atoms. The average molecular weight is 465 g/mol. The van der Waals surface area contributed by atoms with Crippen LogP contribution in [0, 0.1) is 27.7 Å². The molecule has 0 aliphatic rings. The van der Waals surface area contributed by atoms with Crippen LogP contribution in [0.4, 0.5) is 5.69 Å². The van der Waals surface area contributed by atoms with Crippen LogP contribution in [0.5, 0.6) is 5.75 Å². The van der Waals surface area contributed by atoms with Gasteiger partial charge in [0.2, 0.25) is 0 Å². The Bertz CT molecular complexity index is 1290. The lowest BCUT2D eigenvalue weighted by molar-refractivity contribution is 0.101. The number of para-hydroxylation sites is 1. The molecular formula is C25H25ClN4O3. The van der Waals surface area contributed by atoms with E-state index in [0.29, 0.717) is 34.3 Å². The second-order valence-corrected chi connectivity index (χ2v) is 8.34. The summed E-state index contributed by atoms with van der Waals surface area (Å²) in [4.78, 5) is 13.1. The molecule has 170 valence electrons. The van der Waals surface area contributed by atoms with Gasteiger partial charge in [-0.3, -0.25) is 9.48 Å². The Hall–Kier alpha value is -3.58. The molecule has 0 atom stereocenters. The molecule has 2 aromatic heterocycles. The number of carbonyl (C=O) groups is 1. The van der Waals surface area contributed by atoms with Crippen molar-refractivity contribution in [2.75, 3.05) is 5.32 Å². The standard InChI is InChI=1S/C25H25ClN4O3/c1-15-7-5-6-8-22(15)32-14-21-18(4)33-29-24(21)25(31)27-23-16(2)28-30(17(23)3)13-19-9-11-20(26)12-10-19/h5-12H,13-14H2,1-4H3,(H,27,31). The molecule has 1 amide bonds. The van der Waals surface area contributed by atoms with E-state index in [4.69, 9.17) is 20.9 Å².